The van der Waals surface area contributed by atoms with E-state index in [9.17, 15) is 0 Å². The zero-order chi connectivity index (χ0) is 22.9. The Balaban J connectivity index is 1.13. The van der Waals surface area contributed by atoms with Gasteiger partial charge < -0.3 is 16.4 Å². The summed E-state index contributed by atoms with van der Waals surface area (Å²) in [7, 11) is 0. The van der Waals surface area contributed by atoms with Gasteiger partial charge in [0.1, 0.15) is 5.69 Å². The molecular weight excluding hydrogens is 424 g/mol. The number of nitrogen functional groups attached to an aromatic ring is 2. The molecule has 5 fully saturated rings. The quantitative estimate of drug-likeness (QED) is 0.617. The molecular formula is C26H32N8. The molecule has 0 spiro atoms. The van der Waals surface area contributed by atoms with Gasteiger partial charge in [-0.3, -0.25) is 4.90 Å². The van der Waals surface area contributed by atoms with Crippen molar-refractivity contribution in [3.8, 4) is 11.3 Å². The number of piperazine rings is 1. The highest BCUT2D eigenvalue weighted by molar-refractivity contribution is 5.87. The maximum absolute atomic E-state index is 6.36. The molecule has 0 atom stereocenters. The van der Waals surface area contributed by atoms with Crippen molar-refractivity contribution in [2.45, 2.75) is 44.1 Å². The van der Waals surface area contributed by atoms with E-state index in [0.717, 1.165) is 49.5 Å². The maximum Gasteiger partial charge on any atom is 0.229 e. The summed E-state index contributed by atoms with van der Waals surface area (Å²) in [5.41, 5.74) is 15.6. The van der Waals surface area contributed by atoms with Crippen molar-refractivity contribution in [1.82, 2.24) is 24.8 Å². The third kappa shape index (κ3) is 3.22. The van der Waals surface area contributed by atoms with Gasteiger partial charge in [0.25, 0.3) is 0 Å². The lowest BCUT2D eigenvalue weighted by molar-refractivity contribution is -0.0902. The van der Waals surface area contributed by atoms with Gasteiger partial charge >= 0.3 is 0 Å². The molecule has 0 unspecified atom stereocenters. The van der Waals surface area contributed by atoms with E-state index in [1.54, 1.807) is 0 Å². The molecule has 34 heavy (non-hydrogen) atoms. The van der Waals surface area contributed by atoms with E-state index in [1.807, 2.05) is 30.3 Å². The molecule has 3 heterocycles. The molecule has 2 aromatic heterocycles. The minimum Gasteiger partial charge on any atom is -0.382 e. The van der Waals surface area contributed by atoms with Crippen molar-refractivity contribution in [2.24, 2.45) is 17.8 Å². The van der Waals surface area contributed by atoms with E-state index in [0.29, 0.717) is 40.0 Å². The predicted molar refractivity (Wildman–Crippen MR) is 134 cm³/mol. The smallest absolute Gasteiger partial charge is 0.229 e. The van der Waals surface area contributed by atoms with Gasteiger partial charge in [0.2, 0.25) is 5.95 Å². The van der Waals surface area contributed by atoms with Crippen LogP contribution in [0, 0.1) is 17.8 Å². The topological polar surface area (TPSA) is 110 Å². The molecule has 5 aliphatic rings. The lowest BCUT2D eigenvalue weighted by atomic mass is 9.52. The van der Waals surface area contributed by atoms with E-state index in [1.165, 1.54) is 38.5 Å². The number of aromatic nitrogens is 4. The first-order chi connectivity index (χ1) is 16.6. The van der Waals surface area contributed by atoms with Crippen LogP contribution in [0.15, 0.2) is 30.3 Å². The van der Waals surface area contributed by atoms with Crippen molar-refractivity contribution in [2.75, 3.05) is 42.5 Å². The lowest BCUT2D eigenvalue weighted by Crippen LogP contribution is -2.64. The van der Waals surface area contributed by atoms with Crippen molar-refractivity contribution in [3.63, 3.8) is 0 Å². The summed E-state index contributed by atoms with van der Waals surface area (Å²) < 4.78 is 0. The van der Waals surface area contributed by atoms with Crippen LogP contribution in [-0.2, 0) is 0 Å². The second-order valence-corrected chi connectivity index (χ2v) is 11.0. The van der Waals surface area contributed by atoms with Gasteiger partial charge in [0.15, 0.2) is 22.8 Å². The Labute approximate surface area is 199 Å². The molecule has 4 saturated carbocycles. The molecule has 8 rings (SSSR count). The summed E-state index contributed by atoms with van der Waals surface area (Å²) in [4.78, 5) is 23.7. The molecule has 4 N–H and O–H groups in total. The van der Waals surface area contributed by atoms with Crippen LogP contribution in [0.2, 0.25) is 0 Å². The molecule has 8 heteroatoms. The molecule has 4 aliphatic carbocycles. The summed E-state index contributed by atoms with van der Waals surface area (Å²) in [6.45, 7) is 3.96. The first kappa shape index (κ1) is 20.4. The first-order valence-electron chi connectivity index (χ1n) is 12.7. The highest BCUT2D eigenvalue weighted by Gasteiger charge is 2.53. The minimum absolute atomic E-state index is 0.355. The van der Waals surface area contributed by atoms with Gasteiger partial charge in [0, 0.05) is 37.3 Å². The first-order valence-corrected chi connectivity index (χ1v) is 12.7. The molecule has 176 valence electrons. The van der Waals surface area contributed by atoms with Crippen LogP contribution in [0.5, 0.6) is 0 Å². The summed E-state index contributed by atoms with van der Waals surface area (Å²) in [6, 6.07) is 9.78. The van der Waals surface area contributed by atoms with Crippen molar-refractivity contribution in [1.29, 1.82) is 0 Å². The Hall–Kier alpha value is -3.00. The van der Waals surface area contributed by atoms with Gasteiger partial charge in [-0.25, -0.2) is 9.97 Å². The Bertz CT molecular complexity index is 1200. The average molecular weight is 457 g/mol. The molecule has 8 nitrogen and oxygen atoms in total. The van der Waals surface area contributed by atoms with Crippen LogP contribution in [0.1, 0.15) is 38.5 Å². The van der Waals surface area contributed by atoms with Gasteiger partial charge in [-0.1, -0.05) is 30.3 Å². The predicted octanol–water partition coefficient (Wildman–Crippen LogP) is 3.34. The SMILES string of the molecule is Nc1nc2nc(N3CCN(C45CC6CC(CC(C6)C4)C5)CC3)nc(N)c2nc1-c1ccccc1. The highest BCUT2D eigenvalue weighted by atomic mass is 15.3. The Kier molecular flexibility index (Phi) is 4.50. The molecule has 4 bridgehead atoms. The largest absolute Gasteiger partial charge is 0.382 e. The third-order valence-corrected chi connectivity index (χ3v) is 8.86. The second kappa shape index (κ2) is 7.50. The highest BCUT2D eigenvalue weighted by Crippen LogP contribution is 2.57. The van der Waals surface area contributed by atoms with Gasteiger partial charge in [-0.05, 0) is 56.3 Å². The molecule has 1 aliphatic heterocycles. The van der Waals surface area contributed by atoms with E-state index >= 15 is 0 Å². The van der Waals surface area contributed by atoms with Crippen LogP contribution in [0.25, 0.3) is 22.4 Å². The maximum atomic E-state index is 6.36. The van der Waals surface area contributed by atoms with Crippen LogP contribution >= 0.6 is 0 Å². The third-order valence-electron chi connectivity index (χ3n) is 8.86. The fraction of sp³-hybridized carbons (Fsp3) is 0.538. The van der Waals surface area contributed by atoms with E-state index in [2.05, 4.69) is 24.8 Å². The molecule has 1 saturated heterocycles. The fourth-order valence-corrected chi connectivity index (χ4v) is 7.75. The van der Waals surface area contributed by atoms with Crippen molar-refractivity contribution >= 4 is 28.7 Å². The Morgan fingerprint density at radius 2 is 1.38 bits per heavy atom. The second-order valence-electron chi connectivity index (χ2n) is 11.0. The molecule has 3 aromatic rings. The monoisotopic (exact) mass is 456 g/mol. The molecule has 0 amide bonds. The number of nitrogens with two attached hydrogens (primary N) is 2. The lowest BCUT2D eigenvalue weighted by Gasteiger charge is -2.61. The van der Waals surface area contributed by atoms with E-state index < -0.39 is 0 Å². The Morgan fingerprint density at radius 1 is 0.735 bits per heavy atom. The minimum atomic E-state index is 0.355. The number of hydrogen-bond donors (Lipinski definition) is 2. The van der Waals surface area contributed by atoms with Crippen LogP contribution in [0.3, 0.4) is 0 Å². The van der Waals surface area contributed by atoms with E-state index in [4.69, 9.17) is 16.5 Å². The van der Waals surface area contributed by atoms with Gasteiger partial charge in [-0.15, -0.1) is 0 Å². The molecule has 0 radical (unpaired) electrons. The van der Waals surface area contributed by atoms with Gasteiger partial charge in [-0.2, -0.15) is 9.97 Å². The van der Waals surface area contributed by atoms with E-state index in [-0.39, 0.29) is 0 Å². The van der Waals surface area contributed by atoms with Crippen molar-refractivity contribution < 1.29 is 0 Å². The van der Waals surface area contributed by atoms with Crippen LogP contribution < -0.4 is 16.4 Å². The number of nitrogens with zero attached hydrogens (tertiary/aromatic N) is 6. The number of anilines is 3. The zero-order valence-corrected chi connectivity index (χ0v) is 19.5. The fourth-order valence-electron chi connectivity index (χ4n) is 7.75. The summed E-state index contributed by atoms with van der Waals surface area (Å²) in [6.07, 6.45) is 8.70. The van der Waals surface area contributed by atoms with Crippen LogP contribution in [-0.4, -0.2) is 56.6 Å². The Morgan fingerprint density at radius 3 is 2.03 bits per heavy atom. The zero-order valence-electron chi connectivity index (χ0n) is 19.5. The number of benzene rings is 1. The van der Waals surface area contributed by atoms with Crippen molar-refractivity contribution in [3.05, 3.63) is 30.3 Å². The van der Waals surface area contributed by atoms with Crippen LogP contribution in [0.4, 0.5) is 17.6 Å². The molecule has 1 aromatic carbocycles. The average Bonchev–Trinajstić information content (AvgIpc) is 2.83. The van der Waals surface area contributed by atoms with Gasteiger partial charge in [0.05, 0.1) is 0 Å². The summed E-state index contributed by atoms with van der Waals surface area (Å²) in [5.74, 6) is 4.26. The summed E-state index contributed by atoms with van der Waals surface area (Å²) in [5, 5.41) is 0. The standard InChI is InChI=1S/C26H32N8/c27-22-20(19-4-2-1-3-5-19)29-21-23(28)31-25(32-24(21)30-22)33-6-8-34(9-7-33)26-13-16-10-17(14-26)12-18(11-16)15-26/h1-5,16-18H,6-15H2,(H4,27,28,30,31,32). The normalized spacial score (nSPS) is 30.8. The number of hydrogen-bond acceptors (Lipinski definition) is 8. The summed E-state index contributed by atoms with van der Waals surface area (Å²) >= 11 is 0. The number of fused-ring (bicyclic) bond motifs is 1. The number of rotatable bonds is 3.